The average molecular weight is 1070 g/mol. The number of benzene rings is 2. The molecule has 2 aromatic rings. The maximum Gasteiger partial charge on any atom is 0.329 e. The highest BCUT2D eigenvalue weighted by atomic mass is 16.6. The molecule has 2 fully saturated rings. The molecule has 8 amide bonds. The zero-order valence-corrected chi connectivity index (χ0v) is 48.7. The molecule has 0 aromatic heterocycles. The van der Waals surface area contributed by atoms with Gasteiger partial charge >= 0.3 is 5.97 Å². The van der Waals surface area contributed by atoms with E-state index >= 15 is 9.59 Å². The molecule has 4 rings (SSSR count). The number of carbonyl (C=O) groups excluding carboxylic acids is 9. The minimum atomic E-state index is -1.41. The van der Waals surface area contributed by atoms with Crippen molar-refractivity contribution in [3.05, 3.63) is 71.8 Å². The summed E-state index contributed by atoms with van der Waals surface area (Å²) in [6.07, 6.45) is 0.0670. The molecule has 426 valence electrons. The first-order valence-electron chi connectivity index (χ1n) is 27.7. The van der Waals surface area contributed by atoms with E-state index < -0.39 is 137 Å². The number of nitrogens with one attached hydrogen (secondary N) is 3. The van der Waals surface area contributed by atoms with Gasteiger partial charge in [0.15, 0.2) is 6.10 Å². The fraction of sp³-hybridized carbons (Fsp3) is 0.644. The lowest BCUT2D eigenvalue weighted by Gasteiger charge is -2.38. The van der Waals surface area contributed by atoms with Crippen LogP contribution in [0.4, 0.5) is 0 Å². The molecular weight excluding hydrogens is 981 g/mol. The molecule has 2 aliphatic rings. The zero-order chi connectivity index (χ0) is 57.7. The summed E-state index contributed by atoms with van der Waals surface area (Å²) in [7, 11) is 5.89. The van der Waals surface area contributed by atoms with Gasteiger partial charge in [0.05, 0.1) is 0 Å². The van der Waals surface area contributed by atoms with Gasteiger partial charge in [-0.15, -0.1) is 0 Å². The van der Waals surface area contributed by atoms with Gasteiger partial charge in [0.2, 0.25) is 41.4 Å². The molecule has 0 radical (unpaired) electrons. The minimum absolute atomic E-state index is 0.0184. The molecule has 77 heavy (non-hydrogen) atoms. The SMILES string of the molecule is CC[C@@H](C)[C@@H]1NC(=O)[C@@H]2CCCN2C(=O)[C@H](Cc2ccccc2)N(C)C(=O)[C@H](Cc2ccccc2)NC(=O)[C@H](C(C)C)N(C)C(=O)C(C(C)C)OC(=O)[C@H](C(C)C)N(C)C(=O)[C@H](CC(C)C)NC(=O)[C@H](C(C)C)N(C)C1=O. The second-order valence-corrected chi connectivity index (χ2v) is 23.2. The van der Waals surface area contributed by atoms with Crippen molar-refractivity contribution in [2.45, 2.75) is 176 Å². The topological polar surface area (TPSA) is 215 Å². The number of likely N-dealkylation sites (N-methyl/N-ethyl adjacent to an activating group) is 4. The summed E-state index contributed by atoms with van der Waals surface area (Å²) in [4.78, 5) is 140. The molecule has 1 unspecified atom stereocenters. The van der Waals surface area contributed by atoms with Crippen molar-refractivity contribution in [1.82, 2.24) is 40.4 Å². The quantitative estimate of drug-likeness (QED) is 0.246. The Kier molecular flexibility index (Phi) is 23.3. The van der Waals surface area contributed by atoms with E-state index in [1.807, 2.05) is 88.4 Å². The van der Waals surface area contributed by atoms with Gasteiger partial charge in [-0.25, -0.2) is 4.79 Å². The Morgan fingerprint density at radius 3 is 1.47 bits per heavy atom. The molecule has 2 saturated heterocycles. The van der Waals surface area contributed by atoms with E-state index in [9.17, 15) is 33.6 Å². The Labute approximate surface area is 458 Å². The molecule has 10 atom stereocenters. The number of cyclic esters (lactones) is 1. The lowest BCUT2D eigenvalue weighted by Crippen LogP contribution is -2.62. The lowest BCUT2D eigenvalue weighted by molar-refractivity contribution is -0.171. The maximum atomic E-state index is 15.3. The van der Waals surface area contributed by atoms with Crippen molar-refractivity contribution in [1.29, 1.82) is 0 Å². The highest BCUT2D eigenvalue weighted by Gasteiger charge is 2.46. The van der Waals surface area contributed by atoms with E-state index in [4.69, 9.17) is 4.74 Å². The van der Waals surface area contributed by atoms with E-state index in [1.165, 1.54) is 52.7 Å². The van der Waals surface area contributed by atoms with Crippen LogP contribution in [-0.4, -0.2) is 167 Å². The van der Waals surface area contributed by atoms with E-state index in [0.29, 0.717) is 18.4 Å². The number of nitrogens with zero attached hydrogens (tertiary/aromatic N) is 5. The van der Waals surface area contributed by atoms with Gasteiger partial charge in [0, 0.05) is 47.6 Å². The predicted octanol–water partition coefficient (Wildman–Crippen LogP) is 4.87. The van der Waals surface area contributed by atoms with Crippen molar-refractivity contribution in [2.24, 2.45) is 35.5 Å². The predicted molar refractivity (Wildman–Crippen MR) is 295 cm³/mol. The molecule has 0 saturated carbocycles. The van der Waals surface area contributed by atoms with Crippen LogP contribution in [0, 0.1) is 35.5 Å². The summed E-state index contributed by atoms with van der Waals surface area (Å²) in [6, 6.07) is 9.06. The van der Waals surface area contributed by atoms with Crippen LogP contribution >= 0.6 is 0 Å². The highest BCUT2D eigenvalue weighted by Crippen LogP contribution is 2.26. The van der Waals surface area contributed by atoms with Gasteiger partial charge in [0.1, 0.15) is 48.3 Å². The van der Waals surface area contributed by atoms with Crippen LogP contribution in [0.25, 0.3) is 0 Å². The van der Waals surface area contributed by atoms with Crippen molar-refractivity contribution in [3.8, 4) is 0 Å². The van der Waals surface area contributed by atoms with Gasteiger partial charge < -0.3 is 45.2 Å². The highest BCUT2D eigenvalue weighted by molar-refractivity contribution is 5.99. The van der Waals surface area contributed by atoms with E-state index in [2.05, 4.69) is 16.0 Å². The number of hydrogen-bond acceptors (Lipinski definition) is 10. The second kappa shape index (κ2) is 28.3. The number of esters is 1. The van der Waals surface area contributed by atoms with Gasteiger partial charge in [0.25, 0.3) is 5.91 Å². The molecule has 3 N–H and O–H groups in total. The summed E-state index contributed by atoms with van der Waals surface area (Å²) in [6.45, 7) is 21.6. The number of ether oxygens (including phenoxy) is 1. The minimum Gasteiger partial charge on any atom is -0.450 e. The Morgan fingerprint density at radius 1 is 0.519 bits per heavy atom. The largest absolute Gasteiger partial charge is 0.450 e. The van der Waals surface area contributed by atoms with E-state index in [1.54, 1.807) is 55.4 Å². The van der Waals surface area contributed by atoms with Gasteiger partial charge in [-0.1, -0.05) is 150 Å². The monoisotopic (exact) mass is 1070 g/mol. The number of carbonyl (C=O) groups is 9. The number of hydrogen-bond donors (Lipinski definition) is 3. The fourth-order valence-corrected chi connectivity index (χ4v) is 10.8. The normalized spacial score (nSPS) is 26.4. The van der Waals surface area contributed by atoms with Crippen LogP contribution in [0.15, 0.2) is 60.7 Å². The van der Waals surface area contributed by atoms with Crippen LogP contribution in [0.2, 0.25) is 0 Å². The third-order valence-corrected chi connectivity index (χ3v) is 15.3. The third-order valence-electron chi connectivity index (χ3n) is 15.3. The summed E-state index contributed by atoms with van der Waals surface area (Å²) in [5.41, 5.74) is 1.45. The summed E-state index contributed by atoms with van der Waals surface area (Å²) < 4.78 is 6.10. The molecule has 0 spiro atoms. The van der Waals surface area contributed by atoms with Crippen LogP contribution in [0.1, 0.15) is 120 Å². The van der Waals surface area contributed by atoms with Crippen LogP contribution in [-0.2, 0) is 60.7 Å². The fourth-order valence-electron chi connectivity index (χ4n) is 10.8. The maximum absolute atomic E-state index is 15.3. The molecule has 0 bridgehead atoms. The Hall–Kier alpha value is -6.33. The lowest BCUT2D eigenvalue weighted by atomic mass is 9.94. The molecule has 2 heterocycles. The van der Waals surface area contributed by atoms with E-state index in [-0.39, 0.29) is 38.1 Å². The second-order valence-electron chi connectivity index (χ2n) is 23.2. The first-order valence-corrected chi connectivity index (χ1v) is 27.7. The van der Waals surface area contributed by atoms with E-state index in [0.717, 1.165) is 5.56 Å². The zero-order valence-electron chi connectivity index (χ0n) is 48.7. The first kappa shape index (κ1) is 63.2. The van der Waals surface area contributed by atoms with Gasteiger partial charge in [-0.2, -0.15) is 0 Å². The van der Waals surface area contributed by atoms with Crippen molar-refractivity contribution in [3.63, 3.8) is 0 Å². The molecular formula is C59H90N8O10. The number of rotatable bonds is 12. The van der Waals surface area contributed by atoms with Crippen molar-refractivity contribution < 1.29 is 47.9 Å². The third kappa shape index (κ3) is 15.9. The van der Waals surface area contributed by atoms with Crippen molar-refractivity contribution >= 4 is 53.2 Å². The molecule has 2 aromatic carbocycles. The number of fused-ring (bicyclic) bond motifs is 1. The average Bonchev–Trinajstić information content (AvgIpc) is 3.87. The standard InChI is InChI=1S/C59H90N8O10/c1-17-39(12)46-57(74)64(14)47(35(4)5)52(69)60-42(31-34(2)3)55(72)66(16)49(37(8)9)59(76)77-50(38(10)11)58(75)65(15)48(36(6)7)53(70)61-43(32-40-25-20-18-21-26-40)54(71)63(13)45(33-41-27-22-19-23-28-41)56(73)67-30-24-29-44(67)51(68)62-46/h18-23,25-28,34-39,42-50H,17,24,29-33H2,1-16H3,(H,60,69)(H,61,70)(H,62,68)/t39-,42+,43+,44+,45+,46+,47+,48+,49+,50?/m1/s1. The molecule has 2 aliphatic heterocycles. The number of amides is 8. The van der Waals surface area contributed by atoms with Crippen LogP contribution in [0.3, 0.4) is 0 Å². The Morgan fingerprint density at radius 2 is 0.987 bits per heavy atom. The molecule has 0 aliphatic carbocycles. The smallest absolute Gasteiger partial charge is 0.329 e. The van der Waals surface area contributed by atoms with Crippen molar-refractivity contribution in [2.75, 3.05) is 34.7 Å². The van der Waals surface area contributed by atoms with Crippen LogP contribution in [0.5, 0.6) is 0 Å². The van der Waals surface area contributed by atoms with Gasteiger partial charge in [-0.05, 0) is 65.9 Å². The summed E-state index contributed by atoms with van der Waals surface area (Å²) in [5.74, 6) is -8.27. The van der Waals surface area contributed by atoms with Crippen LogP contribution < -0.4 is 16.0 Å². The molecule has 18 heteroatoms. The Balaban J connectivity index is 1.95. The molecule has 18 nitrogen and oxygen atoms in total. The first-order chi connectivity index (χ1) is 36.1. The Bertz CT molecular complexity index is 2360. The summed E-state index contributed by atoms with van der Waals surface area (Å²) >= 11 is 0. The summed E-state index contributed by atoms with van der Waals surface area (Å²) in [5, 5.41) is 8.87. The van der Waals surface area contributed by atoms with Gasteiger partial charge in [-0.3, -0.25) is 38.4 Å².